The summed E-state index contributed by atoms with van der Waals surface area (Å²) in [5, 5.41) is 2.95. The van der Waals surface area contributed by atoms with Gasteiger partial charge in [0.05, 0.1) is 0 Å². The topological polar surface area (TPSA) is 29.1 Å². The number of anilines is 1. The van der Waals surface area contributed by atoms with Crippen molar-refractivity contribution in [2.75, 3.05) is 11.1 Å². The minimum Gasteiger partial charge on any atom is -0.326 e. The summed E-state index contributed by atoms with van der Waals surface area (Å²) in [5.41, 5.74) is 2.17. The van der Waals surface area contributed by atoms with E-state index >= 15 is 0 Å². The second-order valence-corrected chi connectivity index (χ2v) is 6.02. The average Bonchev–Trinajstić information content (AvgIpc) is 3.04. The van der Waals surface area contributed by atoms with Gasteiger partial charge in [-0.3, -0.25) is 4.79 Å². The van der Waals surface area contributed by atoms with Crippen LogP contribution in [0.3, 0.4) is 0 Å². The lowest BCUT2D eigenvalue weighted by molar-refractivity contribution is -0.117. The van der Waals surface area contributed by atoms with Crippen LogP contribution in [-0.4, -0.2) is 11.7 Å². The Kier molecular flexibility index (Phi) is 3.83. The van der Waals surface area contributed by atoms with Gasteiger partial charge in [0.2, 0.25) is 5.91 Å². The highest BCUT2D eigenvalue weighted by atomic mass is 79.9. The Balaban J connectivity index is 1.96. The number of rotatable bonds is 4. The van der Waals surface area contributed by atoms with Gasteiger partial charge in [-0.15, -0.1) is 0 Å². The van der Waals surface area contributed by atoms with Crippen LogP contribution in [-0.2, 0) is 4.79 Å². The summed E-state index contributed by atoms with van der Waals surface area (Å²) in [7, 11) is 0. The molecule has 1 aromatic carbocycles. The first-order valence-corrected chi connectivity index (χ1v) is 7.14. The van der Waals surface area contributed by atoms with E-state index in [0.29, 0.717) is 6.42 Å². The van der Waals surface area contributed by atoms with Crippen LogP contribution in [0.2, 0.25) is 0 Å². The number of hydrogen-bond acceptors (Lipinski definition) is 2. The van der Waals surface area contributed by atoms with Crippen molar-refractivity contribution in [1.82, 2.24) is 0 Å². The predicted molar refractivity (Wildman–Crippen MR) is 77.6 cm³/mol. The van der Waals surface area contributed by atoms with Gasteiger partial charge in [0.1, 0.15) is 0 Å². The van der Waals surface area contributed by atoms with E-state index in [0.717, 1.165) is 34.3 Å². The molecule has 0 bridgehead atoms. The number of carbonyl (C=O) groups is 1. The monoisotopic (exact) mass is 313 g/mol. The van der Waals surface area contributed by atoms with E-state index in [1.807, 2.05) is 25.1 Å². The van der Waals surface area contributed by atoms with E-state index in [1.54, 1.807) is 0 Å². The lowest BCUT2D eigenvalue weighted by Crippen LogP contribution is -2.18. The van der Waals surface area contributed by atoms with Gasteiger partial charge in [-0.2, -0.15) is 12.6 Å². The highest BCUT2D eigenvalue weighted by Gasteiger charge is 2.42. The first kappa shape index (κ1) is 13.0. The van der Waals surface area contributed by atoms with Crippen molar-refractivity contribution in [2.45, 2.75) is 26.2 Å². The molecular formula is C13H16BrNOS. The van der Waals surface area contributed by atoms with Crippen molar-refractivity contribution < 1.29 is 4.79 Å². The number of benzene rings is 1. The summed E-state index contributed by atoms with van der Waals surface area (Å²) in [4.78, 5) is 11.9. The molecule has 1 N–H and O–H groups in total. The molecule has 92 valence electrons. The van der Waals surface area contributed by atoms with E-state index in [-0.39, 0.29) is 11.3 Å². The molecule has 4 heteroatoms. The predicted octanol–water partition coefficient (Wildman–Crippen LogP) is 3.80. The summed E-state index contributed by atoms with van der Waals surface area (Å²) in [6.45, 7) is 2.01. The minimum atomic E-state index is 0.0956. The summed E-state index contributed by atoms with van der Waals surface area (Å²) in [5.74, 6) is 0.901. The van der Waals surface area contributed by atoms with E-state index in [1.165, 1.54) is 0 Å². The van der Waals surface area contributed by atoms with Crippen LogP contribution < -0.4 is 5.32 Å². The maximum absolute atomic E-state index is 11.9. The first-order chi connectivity index (χ1) is 8.04. The smallest absolute Gasteiger partial charge is 0.224 e. The third-order valence-corrected chi connectivity index (χ3v) is 4.83. The standard InChI is InChI=1S/C13H16BrNOS/c1-9-6-10(2-3-11(9)14)15-12(16)7-13(8-17)4-5-13/h2-3,6,17H,4-5,7-8H2,1H3,(H,15,16). The summed E-state index contributed by atoms with van der Waals surface area (Å²) >= 11 is 7.75. The molecule has 0 spiro atoms. The Labute approximate surface area is 116 Å². The van der Waals surface area contributed by atoms with Gasteiger partial charge < -0.3 is 5.32 Å². The van der Waals surface area contributed by atoms with Crippen LogP contribution >= 0.6 is 28.6 Å². The normalized spacial score (nSPS) is 16.6. The maximum atomic E-state index is 11.9. The molecule has 1 amide bonds. The van der Waals surface area contributed by atoms with Gasteiger partial charge in [-0.05, 0) is 54.7 Å². The lowest BCUT2D eigenvalue weighted by atomic mass is 10.1. The molecule has 1 aromatic rings. The van der Waals surface area contributed by atoms with Crippen molar-refractivity contribution in [1.29, 1.82) is 0 Å². The number of halogens is 1. The van der Waals surface area contributed by atoms with Crippen LogP contribution in [0.25, 0.3) is 0 Å². The Bertz CT molecular complexity index is 443. The largest absolute Gasteiger partial charge is 0.326 e. The van der Waals surface area contributed by atoms with Gasteiger partial charge in [-0.25, -0.2) is 0 Å². The summed E-state index contributed by atoms with van der Waals surface area (Å²) < 4.78 is 1.06. The molecule has 1 saturated carbocycles. The number of carbonyl (C=O) groups excluding carboxylic acids is 1. The van der Waals surface area contributed by atoms with E-state index in [9.17, 15) is 4.79 Å². The zero-order valence-corrected chi connectivity index (χ0v) is 12.3. The fraction of sp³-hybridized carbons (Fsp3) is 0.462. The van der Waals surface area contributed by atoms with Crippen LogP contribution in [0.1, 0.15) is 24.8 Å². The van der Waals surface area contributed by atoms with Crippen LogP contribution in [0.15, 0.2) is 22.7 Å². The number of aryl methyl sites for hydroxylation is 1. The number of hydrogen-bond donors (Lipinski definition) is 2. The second-order valence-electron chi connectivity index (χ2n) is 4.85. The first-order valence-electron chi connectivity index (χ1n) is 5.72. The molecule has 0 heterocycles. The molecule has 0 aromatic heterocycles. The fourth-order valence-electron chi connectivity index (χ4n) is 1.84. The Morgan fingerprint density at radius 3 is 2.76 bits per heavy atom. The van der Waals surface area contributed by atoms with E-state index < -0.39 is 0 Å². The second kappa shape index (κ2) is 5.02. The molecular weight excluding hydrogens is 298 g/mol. The SMILES string of the molecule is Cc1cc(NC(=O)CC2(CS)CC2)ccc1Br. The molecule has 1 fully saturated rings. The van der Waals surface area contributed by atoms with Crippen molar-refractivity contribution in [3.05, 3.63) is 28.2 Å². The van der Waals surface area contributed by atoms with E-state index in [4.69, 9.17) is 0 Å². The van der Waals surface area contributed by atoms with E-state index in [2.05, 4.69) is 33.9 Å². The lowest BCUT2D eigenvalue weighted by Gasteiger charge is -2.12. The zero-order chi connectivity index (χ0) is 12.5. The van der Waals surface area contributed by atoms with Crippen molar-refractivity contribution in [3.63, 3.8) is 0 Å². The number of amides is 1. The van der Waals surface area contributed by atoms with Gasteiger partial charge in [-0.1, -0.05) is 15.9 Å². The summed E-state index contributed by atoms with van der Waals surface area (Å²) in [6.07, 6.45) is 2.85. The molecule has 0 saturated heterocycles. The average molecular weight is 314 g/mol. The van der Waals surface area contributed by atoms with Gasteiger partial charge >= 0.3 is 0 Å². The highest BCUT2D eigenvalue weighted by Crippen LogP contribution is 2.49. The molecule has 0 atom stereocenters. The number of thiol groups is 1. The molecule has 2 rings (SSSR count). The van der Waals surface area contributed by atoms with Gasteiger partial charge in [0.15, 0.2) is 0 Å². The zero-order valence-electron chi connectivity index (χ0n) is 9.79. The molecule has 1 aliphatic carbocycles. The van der Waals surface area contributed by atoms with Crippen LogP contribution in [0, 0.1) is 12.3 Å². The quantitative estimate of drug-likeness (QED) is 0.813. The Morgan fingerprint density at radius 2 is 2.24 bits per heavy atom. The summed E-state index contributed by atoms with van der Waals surface area (Å²) in [6, 6.07) is 5.84. The molecule has 1 aliphatic rings. The van der Waals surface area contributed by atoms with Crippen molar-refractivity contribution in [3.8, 4) is 0 Å². The van der Waals surface area contributed by atoms with Crippen molar-refractivity contribution in [2.24, 2.45) is 5.41 Å². The van der Waals surface area contributed by atoms with Crippen LogP contribution in [0.5, 0.6) is 0 Å². The Hall–Kier alpha value is -0.480. The van der Waals surface area contributed by atoms with Crippen molar-refractivity contribution >= 4 is 40.2 Å². The maximum Gasteiger partial charge on any atom is 0.224 e. The molecule has 17 heavy (non-hydrogen) atoms. The number of nitrogens with one attached hydrogen (secondary N) is 1. The van der Waals surface area contributed by atoms with Gasteiger partial charge in [0, 0.05) is 16.6 Å². The minimum absolute atomic E-state index is 0.0956. The van der Waals surface area contributed by atoms with Gasteiger partial charge in [0.25, 0.3) is 0 Å². The molecule has 0 radical (unpaired) electrons. The molecule has 2 nitrogen and oxygen atoms in total. The van der Waals surface area contributed by atoms with Crippen LogP contribution in [0.4, 0.5) is 5.69 Å². The molecule has 0 aliphatic heterocycles. The Morgan fingerprint density at radius 1 is 1.53 bits per heavy atom. The third kappa shape index (κ3) is 3.26. The molecule has 0 unspecified atom stereocenters. The highest BCUT2D eigenvalue weighted by molar-refractivity contribution is 9.10. The third-order valence-electron chi connectivity index (χ3n) is 3.27. The fourth-order valence-corrected chi connectivity index (χ4v) is 2.51.